The van der Waals surface area contributed by atoms with Gasteiger partial charge in [0, 0.05) is 12.1 Å². The van der Waals surface area contributed by atoms with E-state index in [0.717, 1.165) is 22.8 Å². The number of nitrogens with one attached hydrogen (secondary N) is 1. The minimum atomic E-state index is -4.70. The van der Waals surface area contributed by atoms with Gasteiger partial charge < -0.3 is 10.1 Å². The van der Waals surface area contributed by atoms with Crippen molar-refractivity contribution in [1.29, 1.82) is 0 Å². The molecule has 0 radical (unpaired) electrons. The highest BCUT2D eigenvalue weighted by Gasteiger charge is 2.31. The Labute approximate surface area is 187 Å². The molecule has 0 unspecified atom stereocenters. The molecule has 3 rings (SSSR count). The second-order valence-corrected chi connectivity index (χ2v) is 7.02. The number of rotatable bonds is 7. The monoisotopic (exact) mass is 457 g/mol. The summed E-state index contributed by atoms with van der Waals surface area (Å²) in [5.74, 6) is -1.64. The number of benzene rings is 3. The van der Waals surface area contributed by atoms with Crippen molar-refractivity contribution in [2.24, 2.45) is 0 Å². The molecule has 3 aromatic rings. The first-order chi connectivity index (χ1) is 15.7. The van der Waals surface area contributed by atoms with Gasteiger partial charge in [-0.3, -0.25) is 9.59 Å². The highest BCUT2D eigenvalue weighted by molar-refractivity contribution is 5.94. The van der Waals surface area contributed by atoms with E-state index in [9.17, 15) is 27.2 Å². The first-order valence-corrected chi connectivity index (χ1v) is 9.77. The van der Waals surface area contributed by atoms with Crippen LogP contribution < -0.4 is 10.1 Å². The topological polar surface area (TPSA) is 55.4 Å². The van der Waals surface area contributed by atoms with E-state index in [2.05, 4.69) is 5.32 Å². The van der Waals surface area contributed by atoms with Gasteiger partial charge in [-0.05, 0) is 59.2 Å². The number of ether oxygens (including phenoxy) is 1. The Morgan fingerprint density at radius 3 is 2.45 bits per heavy atom. The Morgan fingerprint density at radius 1 is 1.03 bits per heavy atom. The number of hydrogen-bond acceptors (Lipinski definition) is 3. The van der Waals surface area contributed by atoms with Crippen LogP contribution in [0.3, 0.4) is 0 Å². The average molecular weight is 457 g/mol. The molecule has 1 amide bonds. The number of halogens is 4. The van der Waals surface area contributed by atoms with Gasteiger partial charge in [0.1, 0.15) is 17.9 Å². The van der Waals surface area contributed by atoms with Crippen LogP contribution in [0.1, 0.15) is 27.0 Å². The van der Waals surface area contributed by atoms with E-state index < -0.39 is 29.0 Å². The van der Waals surface area contributed by atoms with Gasteiger partial charge >= 0.3 is 6.18 Å². The molecule has 3 aromatic carbocycles. The van der Waals surface area contributed by atoms with Gasteiger partial charge in [-0.25, -0.2) is 4.39 Å². The van der Waals surface area contributed by atoms with Gasteiger partial charge in [0.2, 0.25) is 0 Å². The molecule has 0 bridgehead atoms. The summed E-state index contributed by atoms with van der Waals surface area (Å²) >= 11 is 0. The number of hydrogen-bond donors (Lipinski definition) is 1. The first-order valence-electron chi connectivity index (χ1n) is 9.77. The minimum Gasteiger partial charge on any atom is -0.496 e. The molecule has 0 saturated carbocycles. The molecule has 8 heteroatoms. The van der Waals surface area contributed by atoms with Crippen molar-refractivity contribution in [3.05, 3.63) is 94.8 Å². The second kappa shape index (κ2) is 10.1. The third kappa shape index (κ3) is 5.85. The summed E-state index contributed by atoms with van der Waals surface area (Å²) in [5.41, 5.74) is 1.41. The van der Waals surface area contributed by atoms with Crippen molar-refractivity contribution >= 4 is 18.3 Å². The predicted octanol–water partition coefficient (Wildman–Crippen LogP) is 5.66. The Kier molecular flexibility index (Phi) is 7.27. The fourth-order valence-corrected chi connectivity index (χ4v) is 3.21. The molecule has 0 aliphatic heterocycles. The van der Waals surface area contributed by atoms with Crippen molar-refractivity contribution in [3.8, 4) is 16.9 Å². The predicted molar refractivity (Wildman–Crippen MR) is 116 cm³/mol. The maximum atomic E-state index is 14.1. The quantitative estimate of drug-likeness (QED) is 0.283. The molecule has 4 nitrogen and oxygen atoms in total. The summed E-state index contributed by atoms with van der Waals surface area (Å²) in [7, 11) is 1.46. The lowest BCUT2D eigenvalue weighted by molar-refractivity contribution is -0.137. The van der Waals surface area contributed by atoms with E-state index in [1.807, 2.05) is 30.3 Å². The normalized spacial score (nSPS) is 11.4. The molecular weight excluding hydrogens is 438 g/mol. The summed E-state index contributed by atoms with van der Waals surface area (Å²) in [5, 5.41) is 2.52. The third-order valence-corrected chi connectivity index (χ3v) is 4.85. The van der Waals surface area contributed by atoms with Gasteiger partial charge in [-0.1, -0.05) is 30.3 Å². The van der Waals surface area contributed by atoms with Gasteiger partial charge in [0.15, 0.2) is 0 Å². The minimum absolute atomic E-state index is 0.0406. The van der Waals surface area contributed by atoms with Gasteiger partial charge in [0.05, 0.1) is 18.2 Å². The summed E-state index contributed by atoms with van der Waals surface area (Å²) in [6.07, 6.45) is -0.974. The van der Waals surface area contributed by atoms with Crippen LogP contribution in [-0.2, 0) is 17.5 Å². The summed E-state index contributed by atoms with van der Waals surface area (Å²) < 4.78 is 57.6. The van der Waals surface area contributed by atoms with E-state index in [4.69, 9.17) is 4.74 Å². The smallest absolute Gasteiger partial charge is 0.416 e. The van der Waals surface area contributed by atoms with Crippen molar-refractivity contribution in [2.45, 2.75) is 12.7 Å². The van der Waals surface area contributed by atoms with Crippen LogP contribution in [0.4, 0.5) is 17.6 Å². The standard InChI is InChI=1S/C25H19F4NO3/c1-33-23-10-7-18(17-6-2-4-16(12-17)5-3-11-31)13-19(23)15-30-24(32)21-9-8-20(14-22(21)26)25(27,28)29/h2-14H,15H2,1H3,(H,30,32)/b5-3+. The van der Waals surface area contributed by atoms with Crippen LogP contribution in [0.25, 0.3) is 17.2 Å². The number of allylic oxidation sites excluding steroid dienone is 1. The van der Waals surface area contributed by atoms with Crippen LogP contribution in [0.5, 0.6) is 5.75 Å². The first kappa shape index (κ1) is 23.7. The molecule has 0 aromatic heterocycles. The van der Waals surface area contributed by atoms with E-state index in [1.165, 1.54) is 13.2 Å². The van der Waals surface area contributed by atoms with Crippen LogP contribution in [0, 0.1) is 5.82 Å². The zero-order valence-electron chi connectivity index (χ0n) is 17.4. The molecule has 0 aliphatic carbocycles. The Balaban J connectivity index is 1.82. The summed E-state index contributed by atoms with van der Waals surface area (Å²) in [6, 6.07) is 14.5. The van der Waals surface area contributed by atoms with Crippen LogP contribution in [0.15, 0.2) is 66.7 Å². The summed E-state index contributed by atoms with van der Waals surface area (Å²) in [6.45, 7) is -0.0406. The van der Waals surface area contributed by atoms with E-state index in [-0.39, 0.29) is 6.54 Å². The largest absolute Gasteiger partial charge is 0.496 e. The van der Waals surface area contributed by atoms with Crippen LogP contribution >= 0.6 is 0 Å². The molecular formula is C25H19F4NO3. The fourth-order valence-electron chi connectivity index (χ4n) is 3.21. The lowest BCUT2D eigenvalue weighted by atomic mass is 10.00. The number of amides is 1. The maximum absolute atomic E-state index is 14.1. The molecule has 1 N–H and O–H groups in total. The number of alkyl halides is 3. The van der Waals surface area contributed by atoms with Gasteiger partial charge in [-0.2, -0.15) is 13.2 Å². The third-order valence-electron chi connectivity index (χ3n) is 4.85. The molecule has 0 fully saturated rings. The Morgan fingerprint density at radius 2 is 1.79 bits per heavy atom. The molecule has 33 heavy (non-hydrogen) atoms. The molecule has 0 saturated heterocycles. The highest BCUT2D eigenvalue weighted by atomic mass is 19.4. The van der Waals surface area contributed by atoms with Crippen molar-refractivity contribution in [2.75, 3.05) is 7.11 Å². The van der Waals surface area contributed by atoms with E-state index >= 15 is 0 Å². The second-order valence-electron chi connectivity index (χ2n) is 7.02. The fraction of sp³-hybridized carbons (Fsp3) is 0.120. The molecule has 0 atom stereocenters. The Hall–Kier alpha value is -3.94. The van der Waals surface area contributed by atoms with Crippen molar-refractivity contribution in [3.63, 3.8) is 0 Å². The van der Waals surface area contributed by atoms with Crippen LogP contribution in [-0.4, -0.2) is 19.3 Å². The maximum Gasteiger partial charge on any atom is 0.416 e. The van der Waals surface area contributed by atoms with Crippen LogP contribution in [0.2, 0.25) is 0 Å². The van der Waals surface area contributed by atoms with E-state index in [0.29, 0.717) is 29.7 Å². The lowest BCUT2D eigenvalue weighted by Crippen LogP contribution is -2.24. The zero-order valence-corrected chi connectivity index (χ0v) is 17.4. The highest BCUT2D eigenvalue weighted by Crippen LogP contribution is 2.30. The molecule has 170 valence electrons. The van der Waals surface area contributed by atoms with Crippen molar-refractivity contribution < 1.29 is 31.9 Å². The molecule has 0 heterocycles. The number of carbonyl (C=O) groups is 2. The average Bonchev–Trinajstić information content (AvgIpc) is 2.80. The Bertz CT molecular complexity index is 1200. The summed E-state index contributed by atoms with van der Waals surface area (Å²) in [4.78, 5) is 22.9. The SMILES string of the molecule is COc1ccc(-c2cccc(/C=C/C=O)c2)cc1CNC(=O)c1ccc(C(F)(F)F)cc1F. The number of methoxy groups -OCH3 is 1. The molecule has 0 spiro atoms. The van der Waals surface area contributed by atoms with Gasteiger partial charge in [-0.15, -0.1) is 0 Å². The molecule has 0 aliphatic rings. The number of carbonyl (C=O) groups excluding carboxylic acids is 2. The zero-order chi connectivity index (χ0) is 24.0. The van der Waals surface area contributed by atoms with E-state index in [1.54, 1.807) is 18.2 Å². The van der Waals surface area contributed by atoms with Gasteiger partial charge in [0.25, 0.3) is 5.91 Å². The lowest BCUT2D eigenvalue weighted by Gasteiger charge is -2.13. The number of aldehydes is 1. The van der Waals surface area contributed by atoms with Crippen molar-refractivity contribution in [1.82, 2.24) is 5.32 Å².